The molecular formula is C36H31NO4. The molecule has 4 aromatic rings. The molecule has 0 radical (unpaired) electrons. The summed E-state index contributed by atoms with van der Waals surface area (Å²) in [6.45, 7) is 7.33. The minimum Gasteiger partial charge on any atom is -0.461 e. The fourth-order valence-corrected chi connectivity index (χ4v) is 5.51. The third-order valence-electron chi connectivity index (χ3n) is 7.59. The Kier molecular flexibility index (Phi) is 7.02. The van der Waals surface area contributed by atoms with E-state index >= 15 is 0 Å². The van der Waals surface area contributed by atoms with Crippen molar-refractivity contribution in [1.82, 2.24) is 0 Å². The Labute approximate surface area is 240 Å². The molecule has 6 rings (SSSR count). The van der Waals surface area contributed by atoms with Crippen molar-refractivity contribution in [2.75, 3.05) is 4.90 Å². The molecule has 0 aromatic heterocycles. The van der Waals surface area contributed by atoms with E-state index in [-0.39, 0.29) is 12.6 Å². The Morgan fingerprint density at radius 2 is 1.61 bits per heavy atom. The fraction of sp³-hybridized carbons (Fsp3) is 0.167. The summed E-state index contributed by atoms with van der Waals surface area (Å²) in [4.78, 5) is 26.0. The maximum Gasteiger partial charge on any atom is 0.338 e. The molecule has 0 N–H and O–H groups in total. The topological polar surface area (TPSA) is 55.8 Å². The summed E-state index contributed by atoms with van der Waals surface area (Å²) in [6.07, 6.45) is 6.79. The normalized spacial score (nSPS) is 13.2. The zero-order valence-corrected chi connectivity index (χ0v) is 23.3. The van der Waals surface area contributed by atoms with Gasteiger partial charge >= 0.3 is 11.9 Å². The fourth-order valence-electron chi connectivity index (χ4n) is 5.51. The van der Waals surface area contributed by atoms with Crippen molar-refractivity contribution >= 4 is 45.4 Å². The number of hydrogen-bond donors (Lipinski definition) is 0. The van der Waals surface area contributed by atoms with E-state index in [2.05, 4.69) is 54.0 Å². The first kappa shape index (κ1) is 26.3. The highest BCUT2D eigenvalue weighted by molar-refractivity contribution is 6.06. The van der Waals surface area contributed by atoms with E-state index in [4.69, 9.17) is 9.47 Å². The summed E-state index contributed by atoms with van der Waals surface area (Å²) in [5, 5.41) is 2.59. The number of ether oxygens (including phenoxy) is 2. The van der Waals surface area contributed by atoms with Crippen LogP contribution in [0.25, 0.3) is 22.0 Å². The van der Waals surface area contributed by atoms with Crippen molar-refractivity contribution in [2.45, 2.75) is 39.7 Å². The molecule has 204 valence electrons. The van der Waals surface area contributed by atoms with Crippen LogP contribution < -0.4 is 9.64 Å². The number of esters is 2. The minimum absolute atomic E-state index is 0.219. The van der Waals surface area contributed by atoms with Gasteiger partial charge in [0.15, 0.2) is 0 Å². The molecular weight excluding hydrogens is 510 g/mol. The molecule has 0 spiro atoms. The van der Waals surface area contributed by atoms with Crippen molar-refractivity contribution in [2.24, 2.45) is 0 Å². The first-order valence-electron chi connectivity index (χ1n) is 13.9. The minimum atomic E-state index is -0.450. The van der Waals surface area contributed by atoms with Crippen molar-refractivity contribution < 1.29 is 19.1 Å². The van der Waals surface area contributed by atoms with Crippen LogP contribution in [0.3, 0.4) is 0 Å². The summed E-state index contributed by atoms with van der Waals surface area (Å²) >= 11 is 0. The summed E-state index contributed by atoms with van der Waals surface area (Å²) in [7, 11) is 0. The lowest BCUT2D eigenvalue weighted by atomic mass is 9.80. The van der Waals surface area contributed by atoms with Crippen molar-refractivity contribution in [3.05, 3.63) is 125 Å². The number of carbonyl (C=O) groups is 2. The first-order chi connectivity index (χ1) is 19.9. The monoisotopic (exact) mass is 541 g/mol. The Morgan fingerprint density at radius 1 is 0.878 bits per heavy atom. The predicted molar refractivity (Wildman–Crippen MR) is 164 cm³/mol. The molecule has 0 aliphatic heterocycles. The zero-order valence-electron chi connectivity index (χ0n) is 23.3. The van der Waals surface area contributed by atoms with E-state index in [9.17, 15) is 9.59 Å². The summed E-state index contributed by atoms with van der Waals surface area (Å²) in [6, 6.07) is 26.6. The van der Waals surface area contributed by atoms with E-state index in [1.165, 1.54) is 33.0 Å². The molecule has 0 heterocycles. The lowest BCUT2D eigenvalue weighted by Crippen LogP contribution is -2.19. The van der Waals surface area contributed by atoms with Crippen LogP contribution in [0.2, 0.25) is 0 Å². The van der Waals surface area contributed by atoms with E-state index in [0.29, 0.717) is 17.7 Å². The zero-order chi connectivity index (χ0) is 28.5. The molecule has 2 aliphatic carbocycles. The highest BCUT2D eigenvalue weighted by Gasteiger charge is 2.27. The maximum atomic E-state index is 12.1. The van der Waals surface area contributed by atoms with Crippen LogP contribution in [0.4, 0.5) is 11.4 Å². The van der Waals surface area contributed by atoms with Gasteiger partial charge in [0.1, 0.15) is 12.4 Å². The average molecular weight is 542 g/mol. The van der Waals surface area contributed by atoms with Gasteiger partial charge in [0.2, 0.25) is 0 Å². The highest BCUT2D eigenvalue weighted by atomic mass is 16.5. The van der Waals surface area contributed by atoms with Crippen LogP contribution in [0.15, 0.2) is 103 Å². The van der Waals surface area contributed by atoms with Gasteiger partial charge < -0.3 is 14.4 Å². The van der Waals surface area contributed by atoms with Gasteiger partial charge in [0.05, 0.1) is 5.70 Å². The van der Waals surface area contributed by atoms with E-state index < -0.39 is 5.97 Å². The summed E-state index contributed by atoms with van der Waals surface area (Å²) < 4.78 is 10.8. The number of rotatable bonds is 8. The predicted octanol–water partition coefficient (Wildman–Crippen LogP) is 8.30. The van der Waals surface area contributed by atoms with Gasteiger partial charge in [-0.2, -0.15) is 0 Å². The number of carbonyl (C=O) groups excluding carboxylic acids is 2. The van der Waals surface area contributed by atoms with Gasteiger partial charge in [0, 0.05) is 28.9 Å². The standard InChI is InChI=1S/C36H31NO4/c1-4-33(38)40-22-24-8-14-28(15-9-24)37(29-16-18-30(19-17-29)41-36(39)23(2)3)32-21-13-27-11-10-25-6-5-7-26-12-20-31(32)35(27)34(25)26/h5-9,11-12,14-21H,2,4,10,13,22H2,1,3H3. The molecule has 4 aromatic carbocycles. The molecule has 0 bridgehead atoms. The molecule has 0 unspecified atom stereocenters. The lowest BCUT2D eigenvalue weighted by molar-refractivity contribution is -0.144. The van der Waals surface area contributed by atoms with Crippen LogP contribution in [0.1, 0.15) is 48.9 Å². The number of allylic oxidation sites excluding steroid dienone is 3. The van der Waals surface area contributed by atoms with E-state index in [1.54, 1.807) is 26.0 Å². The van der Waals surface area contributed by atoms with Gasteiger partial charge in [-0.05, 0) is 89.2 Å². The van der Waals surface area contributed by atoms with Crippen molar-refractivity contribution in [3.8, 4) is 5.75 Å². The third-order valence-corrected chi connectivity index (χ3v) is 7.59. The molecule has 2 aliphatic rings. The van der Waals surface area contributed by atoms with Crippen LogP contribution in [0.5, 0.6) is 5.75 Å². The second kappa shape index (κ2) is 10.9. The first-order valence-corrected chi connectivity index (χ1v) is 13.9. The largest absolute Gasteiger partial charge is 0.461 e. The van der Waals surface area contributed by atoms with E-state index in [0.717, 1.165) is 35.5 Å². The molecule has 41 heavy (non-hydrogen) atoms. The van der Waals surface area contributed by atoms with Crippen LogP contribution >= 0.6 is 0 Å². The number of hydrogen-bond acceptors (Lipinski definition) is 5. The quantitative estimate of drug-likeness (QED) is 0.128. The molecule has 5 heteroatoms. The molecule has 0 saturated heterocycles. The van der Waals surface area contributed by atoms with Gasteiger partial charge in [0.25, 0.3) is 0 Å². The van der Waals surface area contributed by atoms with Gasteiger partial charge in [-0.1, -0.05) is 68.1 Å². The van der Waals surface area contributed by atoms with Crippen LogP contribution in [-0.2, 0) is 27.4 Å². The Balaban J connectivity index is 1.43. The van der Waals surface area contributed by atoms with Crippen molar-refractivity contribution in [3.63, 3.8) is 0 Å². The summed E-state index contributed by atoms with van der Waals surface area (Å²) in [5.41, 5.74) is 9.47. The average Bonchev–Trinajstić information content (AvgIpc) is 3.00. The lowest BCUT2D eigenvalue weighted by Gasteiger charge is -2.34. The second-order valence-electron chi connectivity index (χ2n) is 10.4. The molecule has 0 fully saturated rings. The van der Waals surface area contributed by atoms with Gasteiger partial charge in [-0.15, -0.1) is 0 Å². The highest BCUT2D eigenvalue weighted by Crippen LogP contribution is 2.46. The molecule has 0 saturated carbocycles. The Hall–Kier alpha value is -4.90. The maximum absolute atomic E-state index is 12.1. The van der Waals surface area contributed by atoms with Crippen LogP contribution in [0, 0.1) is 0 Å². The molecule has 0 atom stereocenters. The van der Waals surface area contributed by atoms with Gasteiger partial charge in [-0.25, -0.2) is 4.79 Å². The summed E-state index contributed by atoms with van der Waals surface area (Å²) in [5.74, 6) is -0.207. The van der Waals surface area contributed by atoms with E-state index in [1.807, 2.05) is 36.4 Å². The van der Waals surface area contributed by atoms with Crippen LogP contribution in [-0.4, -0.2) is 11.9 Å². The number of nitrogens with zero attached hydrogens (tertiary/aromatic N) is 1. The third kappa shape index (κ3) is 5.07. The van der Waals surface area contributed by atoms with Crippen molar-refractivity contribution in [1.29, 1.82) is 0 Å². The second-order valence-corrected chi connectivity index (χ2v) is 10.4. The number of benzene rings is 4. The Bertz CT molecular complexity index is 1740. The Morgan fingerprint density at radius 3 is 2.32 bits per heavy atom. The van der Waals surface area contributed by atoms with Gasteiger partial charge in [-0.3, -0.25) is 4.79 Å². The molecule has 5 nitrogen and oxygen atoms in total. The molecule has 0 amide bonds. The number of anilines is 2. The SMILES string of the molecule is C=C(C)C(=O)Oc1ccc(N(C2=CCC3=CCc4cccc5ccc2c3c45)c2ccc(COC(=O)CC)cc2)cc1. The smallest absolute Gasteiger partial charge is 0.338 e.